The summed E-state index contributed by atoms with van der Waals surface area (Å²) >= 11 is 0. The smallest absolute Gasteiger partial charge is 0.418 e. The quantitative estimate of drug-likeness (QED) is 0.0907. The first-order chi connectivity index (χ1) is 27.2. The lowest BCUT2D eigenvalue weighted by Crippen LogP contribution is -2.23. The van der Waals surface area contributed by atoms with Crippen molar-refractivity contribution in [3.63, 3.8) is 0 Å². The normalized spacial score (nSPS) is 14.3. The van der Waals surface area contributed by atoms with Gasteiger partial charge in [-0.1, -0.05) is 207 Å². The van der Waals surface area contributed by atoms with Gasteiger partial charge in [-0.25, -0.2) is 0 Å². The molecule has 0 saturated heterocycles. The van der Waals surface area contributed by atoms with Gasteiger partial charge < -0.3 is 13.9 Å². The standard InChI is InChI=1S/C53H75O3P/c1-11-13-15-17-19-21-23-27-45-41-29-25-31-49(45)55-57(54)56-50-32-26-30-42(46(50)28-24-22-20-18-16-14-12-2)44-36-34-40(38-48(44)52(6,7)8)53(9,10)39-33-35-43(41)47(37-39)51(3,4)5/h25-26,29-38,54H,11-24,27-28H2,1-10H3. The molecule has 0 atom stereocenters. The van der Waals surface area contributed by atoms with Crippen molar-refractivity contribution in [1.29, 1.82) is 0 Å². The van der Waals surface area contributed by atoms with E-state index in [2.05, 4.69) is 130 Å². The predicted molar refractivity (Wildman–Crippen MR) is 247 cm³/mol. The second kappa shape index (κ2) is 20.2. The minimum Gasteiger partial charge on any atom is -0.418 e. The van der Waals surface area contributed by atoms with E-state index < -0.39 is 8.60 Å². The number of unbranched alkanes of at least 4 members (excludes halogenated alkanes) is 12. The van der Waals surface area contributed by atoms with E-state index in [9.17, 15) is 4.89 Å². The summed E-state index contributed by atoms with van der Waals surface area (Å²) in [4.78, 5) is 11.8. The van der Waals surface area contributed by atoms with Crippen molar-refractivity contribution < 1.29 is 13.9 Å². The van der Waals surface area contributed by atoms with Crippen LogP contribution in [-0.4, -0.2) is 4.89 Å². The topological polar surface area (TPSA) is 38.7 Å². The van der Waals surface area contributed by atoms with Crippen LogP contribution < -0.4 is 9.05 Å². The molecule has 0 saturated carbocycles. The van der Waals surface area contributed by atoms with Crippen LogP contribution in [0, 0.1) is 0 Å². The molecule has 3 aliphatic heterocycles. The van der Waals surface area contributed by atoms with Crippen molar-refractivity contribution in [1.82, 2.24) is 0 Å². The number of rotatable bonds is 16. The lowest BCUT2D eigenvalue weighted by atomic mass is 9.71. The SMILES string of the molecule is CCCCCCCCCc1c2cccc1-c1ccc(cc1C(C)(C)C)C(C)(C)c1ccc(c(C(C)(C)C)c1)-c1cccc(c1CCCCCCCCC)OP(O)O2. The molecule has 0 spiro atoms. The Morgan fingerprint density at radius 2 is 0.860 bits per heavy atom. The highest BCUT2D eigenvalue weighted by molar-refractivity contribution is 7.41. The van der Waals surface area contributed by atoms with Gasteiger partial charge in [0.2, 0.25) is 0 Å². The molecular weight excluding hydrogens is 716 g/mol. The van der Waals surface area contributed by atoms with Crippen molar-refractivity contribution in [2.75, 3.05) is 0 Å². The third-order valence-electron chi connectivity index (χ3n) is 12.4. The highest BCUT2D eigenvalue weighted by Crippen LogP contribution is 2.48. The third kappa shape index (κ3) is 11.5. The Labute approximate surface area is 349 Å². The molecular formula is C53H75O3P. The summed E-state index contributed by atoms with van der Waals surface area (Å²) in [5.41, 5.74) is 12.1. The van der Waals surface area contributed by atoms with Crippen LogP contribution in [0.5, 0.6) is 11.5 Å². The van der Waals surface area contributed by atoms with Crippen LogP contribution in [0.1, 0.15) is 193 Å². The molecule has 0 aromatic heterocycles. The lowest BCUT2D eigenvalue weighted by Gasteiger charge is -2.33. The third-order valence-corrected chi connectivity index (χ3v) is 13.1. The van der Waals surface area contributed by atoms with Crippen molar-refractivity contribution >= 4 is 8.60 Å². The molecule has 3 nitrogen and oxygen atoms in total. The molecule has 0 radical (unpaired) electrons. The van der Waals surface area contributed by atoms with Gasteiger partial charge in [-0.2, -0.15) is 0 Å². The van der Waals surface area contributed by atoms with E-state index in [1.54, 1.807) is 0 Å². The minimum atomic E-state index is -2.25. The highest BCUT2D eigenvalue weighted by atomic mass is 31.2. The molecule has 4 aromatic rings. The molecule has 57 heavy (non-hydrogen) atoms. The average Bonchev–Trinajstić information content (AvgIpc) is 3.16. The Morgan fingerprint density at radius 1 is 0.491 bits per heavy atom. The monoisotopic (exact) mass is 791 g/mol. The number of benzene rings is 4. The van der Waals surface area contributed by atoms with E-state index in [4.69, 9.17) is 9.05 Å². The number of hydrogen-bond acceptors (Lipinski definition) is 3. The molecule has 7 rings (SSSR count). The zero-order valence-electron chi connectivity index (χ0n) is 37.5. The van der Waals surface area contributed by atoms with Gasteiger partial charge >= 0.3 is 8.60 Å². The molecule has 3 heterocycles. The fourth-order valence-electron chi connectivity index (χ4n) is 8.77. The summed E-state index contributed by atoms with van der Waals surface area (Å²) < 4.78 is 13.1. The summed E-state index contributed by atoms with van der Waals surface area (Å²) in [6.45, 7) is 23.3. The number of hydrogen-bond donors (Lipinski definition) is 1. The zero-order valence-corrected chi connectivity index (χ0v) is 38.3. The summed E-state index contributed by atoms with van der Waals surface area (Å²) in [7, 11) is -2.25. The van der Waals surface area contributed by atoms with E-state index in [1.807, 2.05) is 12.1 Å². The minimum absolute atomic E-state index is 0.0998. The van der Waals surface area contributed by atoms with Gasteiger partial charge in [0.05, 0.1) is 0 Å². The molecule has 0 aliphatic carbocycles. The van der Waals surface area contributed by atoms with Crippen LogP contribution in [0.15, 0.2) is 72.8 Å². The van der Waals surface area contributed by atoms with Gasteiger partial charge in [-0.3, -0.25) is 0 Å². The van der Waals surface area contributed by atoms with E-state index in [-0.39, 0.29) is 16.2 Å². The van der Waals surface area contributed by atoms with Gasteiger partial charge in [0.25, 0.3) is 0 Å². The van der Waals surface area contributed by atoms with Crippen LogP contribution >= 0.6 is 8.60 Å². The summed E-state index contributed by atoms with van der Waals surface area (Å²) in [6, 6.07) is 27.1. The molecule has 0 amide bonds. The van der Waals surface area contributed by atoms with Crippen LogP contribution in [0.4, 0.5) is 0 Å². The first-order valence-electron chi connectivity index (χ1n) is 22.6. The Morgan fingerprint density at radius 3 is 1.23 bits per heavy atom. The van der Waals surface area contributed by atoms with Crippen molar-refractivity contribution in [2.45, 2.75) is 188 Å². The molecule has 4 aromatic carbocycles. The molecule has 3 aliphatic rings. The summed E-state index contributed by atoms with van der Waals surface area (Å²) in [5.74, 6) is 1.46. The van der Waals surface area contributed by atoms with Crippen LogP contribution in [-0.2, 0) is 29.1 Å². The largest absolute Gasteiger partial charge is 0.460 e. The highest BCUT2D eigenvalue weighted by Gasteiger charge is 2.31. The van der Waals surface area contributed by atoms with E-state index in [1.165, 1.54) is 122 Å². The van der Waals surface area contributed by atoms with Crippen LogP contribution in [0.3, 0.4) is 0 Å². The first kappa shape index (κ1) is 45.0. The molecule has 0 unspecified atom stereocenters. The van der Waals surface area contributed by atoms with Gasteiger partial charge in [-0.05, 0) is 93.2 Å². The van der Waals surface area contributed by atoms with Gasteiger partial charge in [0, 0.05) is 16.5 Å². The van der Waals surface area contributed by atoms with Gasteiger partial charge in [-0.15, -0.1) is 0 Å². The fourth-order valence-corrected chi connectivity index (χ4v) is 9.49. The molecule has 4 heteroatoms. The summed E-state index contributed by atoms with van der Waals surface area (Å²) in [6.07, 6.45) is 19.2. The number of fused-ring (bicyclic) bond motifs is 2. The molecule has 310 valence electrons. The second-order valence-corrected chi connectivity index (χ2v) is 20.2. The van der Waals surface area contributed by atoms with Crippen molar-refractivity contribution in [2.24, 2.45) is 0 Å². The maximum Gasteiger partial charge on any atom is 0.460 e. The Hall–Kier alpha value is -3.13. The average molecular weight is 791 g/mol. The van der Waals surface area contributed by atoms with Gasteiger partial charge in [0.15, 0.2) is 0 Å². The van der Waals surface area contributed by atoms with Crippen molar-refractivity contribution in [3.05, 3.63) is 106 Å². The van der Waals surface area contributed by atoms with Gasteiger partial charge in [0.1, 0.15) is 11.5 Å². The fraction of sp³-hybridized carbons (Fsp3) is 0.547. The van der Waals surface area contributed by atoms with E-state index in [0.717, 1.165) is 48.3 Å². The predicted octanol–water partition coefficient (Wildman–Crippen LogP) is 16.5. The molecule has 1 N–H and O–H groups in total. The molecule has 8 bridgehead atoms. The van der Waals surface area contributed by atoms with Crippen LogP contribution in [0.2, 0.25) is 0 Å². The Bertz CT molecular complexity index is 1760. The van der Waals surface area contributed by atoms with Crippen molar-refractivity contribution in [3.8, 4) is 33.8 Å². The van der Waals surface area contributed by atoms with Crippen LogP contribution in [0.25, 0.3) is 22.3 Å². The maximum absolute atomic E-state index is 11.8. The Kier molecular flexibility index (Phi) is 16.0. The first-order valence-corrected chi connectivity index (χ1v) is 23.7. The zero-order chi connectivity index (χ0) is 41.2. The lowest BCUT2D eigenvalue weighted by molar-refractivity contribution is 0.378. The summed E-state index contributed by atoms with van der Waals surface area (Å²) in [5, 5.41) is 0. The van der Waals surface area contributed by atoms with E-state index >= 15 is 0 Å². The van der Waals surface area contributed by atoms with E-state index in [0.29, 0.717) is 0 Å². The molecule has 0 fully saturated rings. The Balaban J connectivity index is 1.67. The maximum atomic E-state index is 11.8. The second-order valence-electron chi connectivity index (χ2n) is 19.4.